The molecule has 0 aliphatic heterocycles. The lowest BCUT2D eigenvalue weighted by atomic mass is 10.0. The van der Waals surface area contributed by atoms with E-state index in [1.807, 2.05) is 16.7 Å². The molecule has 0 fully saturated rings. The molecule has 0 saturated carbocycles. The quantitative estimate of drug-likeness (QED) is 0.704. The molecule has 3 aromatic rings. The molecular weight excluding hydrogens is 300 g/mol. The third-order valence-corrected chi connectivity index (χ3v) is 3.72. The van der Waals surface area contributed by atoms with Gasteiger partial charge in [-0.2, -0.15) is 9.97 Å². The van der Waals surface area contributed by atoms with Crippen molar-refractivity contribution in [1.82, 2.24) is 19.5 Å². The number of anilines is 1. The van der Waals surface area contributed by atoms with Crippen LogP contribution in [0.1, 0.15) is 11.1 Å². The molecule has 2 heterocycles. The van der Waals surface area contributed by atoms with E-state index in [0.29, 0.717) is 30.1 Å². The van der Waals surface area contributed by atoms with Gasteiger partial charge in [-0.3, -0.25) is 0 Å². The molecule has 0 aliphatic carbocycles. The van der Waals surface area contributed by atoms with Crippen LogP contribution in [0.2, 0.25) is 5.28 Å². The summed E-state index contributed by atoms with van der Waals surface area (Å²) in [7, 11) is 1.79. The Morgan fingerprint density at radius 2 is 2.00 bits per heavy atom. The van der Waals surface area contributed by atoms with E-state index in [9.17, 15) is 0 Å². The van der Waals surface area contributed by atoms with Gasteiger partial charge in [0.05, 0.1) is 12.9 Å². The molecule has 3 N–H and O–H groups in total. The molecule has 22 heavy (non-hydrogen) atoms. The smallest absolute Gasteiger partial charge is 0.226 e. The number of nitrogens with one attached hydrogen (secondary N) is 1. The largest absolute Gasteiger partial charge is 0.371 e. The van der Waals surface area contributed by atoms with Crippen molar-refractivity contribution in [3.8, 4) is 0 Å². The summed E-state index contributed by atoms with van der Waals surface area (Å²) >= 11 is 6.00. The maximum absolute atomic E-state index is 6.00. The summed E-state index contributed by atoms with van der Waals surface area (Å²) in [4.78, 5) is 12.8. The highest BCUT2D eigenvalue weighted by Crippen LogP contribution is 2.22. The second-order valence-electron chi connectivity index (χ2n) is 4.94. The van der Waals surface area contributed by atoms with Gasteiger partial charge in [0.1, 0.15) is 0 Å². The van der Waals surface area contributed by atoms with Gasteiger partial charge in [0.2, 0.25) is 5.28 Å². The normalized spacial score (nSPS) is 11.0. The molecule has 0 spiro atoms. The lowest BCUT2D eigenvalue weighted by Gasteiger charge is -2.10. The predicted molar refractivity (Wildman–Crippen MR) is 88.2 cm³/mol. The van der Waals surface area contributed by atoms with Gasteiger partial charge >= 0.3 is 0 Å². The molecule has 0 aliphatic rings. The van der Waals surface area contributed by atoms with E-state index >= 15 is 0 Å². The molecule has 7 heteroatoms. The first-order valence-corrected chi connectivity index (χ1v) is 7.43. The van der Waals surface area contributed by atoms with E-state index in [4.69, 9.17) is 17.3 Å². The van der Waals surface area contributed by atoms with E-state index in [1.54, 1.807) is 13.4 Å². The molecule has 0 amide bonds. The monoisotopic (exact) mass is 316 g/mol. The van der Waals surface area contributed by atoms with Gasteiger partial charge in [0.15, 0.2) is 17.0 Å². The van der Waals surface area contributed by atoms with Crippen LogP contribution in [-0.4, -0.2) is 33.1 Å². The van der Waals surface area contributed by atoms with Crippen LogP contribution >= 0.6 is 11.6 Å². The maximum Gasteiger partial charge on any atom is 0.226 e. The zero-order valence-corrected chi connectivity index (χ0v) is 13.0. The van der Waals surface area contributed by atoms with Crippen molar-refractivity contribution in [2.45, 2.75) is 13.0 Å². The molecule has 0 bridgehead atoms. The van der Waals surface area contributed by atoms with Crippen LogP contribution in [0.25, 0.3) is 11.2 Å². The fraction of sp³-hybridized carbons (Fsp3) is 0.267. The number of rotatable bonds is 5. The first-order chi connectivity index (χ1) is 10.7. The first-order valence-electron chi connectivity index (χ1n) is 7.06. The zero-order chi connectivity index (χ0) is 15.5. The Morgan fingerprint density at radius 1 is 1.23 bits per heavy atom. The molecular formula is C15H17ClN6. The van der Waals surface area contributed by atoms with E-state index in [2.05, 4.69) is 32.4 Å². The number of halogens is 1. The minimum atomic E-state index is 0.203. The summed E-state index contributed by atoms with van der Waals surface area (Å²) in [6.45, 7) is 1.29. The number of nitrogens with zero attached hydrogens (tertiary/aromatic N) is 4. The summed E-state index contributed by atoms with van der Waals surface area (Å²) in [5.74, 6) is 0.629. The molecule has 0 saturated heterocycles. The van der Waals surface area contributed by atoms with Crippen LogP contribution < -0.4 is 11.1 Å². The second kappa shape index (κ2) is 6.29. The fourth-order valence-electron chi connectivity index (χ4n) is 2.50. The zero-order valence-electron chi connectivity index (χ0n) is 12.3. The van der Waals surface area contributed by atoms with Gasteiger partial charge in [0, 0.05) is 7.05 Å². The summed E-state index contributed by atoms with van der Waals surface area (Å²) in [6, 6.07) is 8.25. The summed E-state index contributed by atoms with van der Waals surface area (Å²) in [5, 5.41) is 3.19. The van der Waals surface area contributed by atoms with Gasteiger partial charge in [-0.05, 0) is 35.7 Å². The summed E-state index contributed by atoms with van der Waals surface area (Å²) in [6.07, 6.45) is 2.61. The van der Waals surface area contributed by atoms with Crippen LogP contribution in [-0.2, 0) is 13.0 Å². The molecule has 6 nitrogen and oxygen atoms in total. The van der Waals surface area contributed by atoms with E-state index in [1.165, 1.54) is 11.1 Å². The molecule has 2 aromatic heterocycles. The average molecular weight is 317 g/mol. The van der Waals surface area contributed by atoms with Crippen molar-refractivity contribution in [2.24, 2.45) is 5.73 Å². The van der Waals surface area contributed by atoms with Crippen molar-refractivity contribution in [3.63, 3.8) is 0 Å². The maximum atomic E-state index is 6.00. The number of hydrogen-bond donors (Lipinski definition) is 2. The summed E-state index contributed by atoms with van der Waals surface area (Å²) < 4.78 is 1.97. The number of nitrogens with two attached hydrogens (primary N) is 1. The predicted octanol–water partition coefficient (Wildman–Crippen LogP) is 2.07. The second-order valence-corrected chi connectivity index (χ2v) is 5.28. The molecule has 3 rings (SSSR count). The van der Waals surface area contributed by atoms with E-state index < -0.39 is 0 Å². The number of aromatic nitrogens is 4. The third kappa shape index (κ3) is 2.75. The van der Waals surface area contributed by atoms with Crippen LogP contribution in [0, 0.1) is 0 Å². The van der Waals surface area contributed by atoms with Gasteiger partial charge in [-0.15, -0.1) is 0 Å². The Kier molecular flexibility index (Phi) is 4.22. The van der Waals surface area contributed by atoms with Gasteiger partial charge < -0.3 is 15.6 Å². The van der Waals surface area contributed by atoms with Crippen molar-refractivity contribution >= 4 is 28.6 Å². The van der Waals surface area contributed by atoms with Crippen LogP contribution in [0.3, 0.4) is 0 Å². The third-order valence-electron chi connectivity index (χ3n) is 3.55. The molecule has 1 aromatic carbocycles. The van der Waals surface area contributed by atoms with E-state index in [0.717, 1.165) is 6.42 Å². The van der Waals surface area contributed by atoms with E-state index in [-0.39, 0.29) is 5.28 Å². The number of benzene rings is 1. The van der Waals surface area contributed by atoms with Gasteiger partial charge in [0.25, 0.3) is 0 Å². The molecule has 0 radical (unpaired) electrons. The van der Waals surface area contributed by atoms with Crippen molar-refractivity contribution in [1.29, 1.82) is 0 Å². The lowest BCUT2D eigenvalue weighted by Crippen LogP contribution is -2.08. The van der Waals surface area contributed by atoms with Gasteiger partial charge in [-0.1, -0.05) is 24.3 Å². The van der Waals surface area contributed by atoms with Crippen molar-refractivity contribution in [3.05, 3.63) is 47.0 Å². The number of imidazole rings is 1. The molecule has 0 unspecified atom stereocenters. The highest BCUT2D eigenvalue weighted by Gasteiger charge is 2.12. The Morgan fingerprint density at radius 3 is 2.73 bits per heavy atom. The first kappa shape index (κ1) is 14.7. The van der Waals surface area contributed by atoms with Crippen LogP contribution in [0.5, 0.6) is 0 Å². The van der Waals surface area contributed by atoms with Crippen LogP contribution in [0.4, 0.5) is 5.82 Å². The fourth-order valence-corrected chi connectivity index (χ4v) is 2.67. The number of fused-ring (bicyclic) bond motifs is 1. The SMILES string of the molecule is CNc1nc(Cl)nc2c1ncn2Cc1ccccc1CCN. The highest BCUT2D eigenvalue weighted by molar-refractivity contribution is 6.28. The Bertz CT molecular complexity index is 798. The summed E-state index contributed by atoms with van der Waals surface area (Å²) in [5.41, 5.74) is 9.55. The van der Waals surface area contributed by atoms with Crippen LogP contribution in [0.15, 0.2) is 30.6 Å². The van der Waals surface area contributed by atoms with Crippen molar-refractivity contribution < 1.29 is 0 Å². The molecule has 0 atom stereocenters. The minimum absolute atomic E-state index is 0.203. The lowest BCUT2D eigenvalue weighted by molar-refractivity contribution is 0.796. The van der Waals surface area contributed by atoms with Crippen molar-refractivity contribution in [2.75, 3.05) is 18.9 Å². The Hall–Kier alpha value is -2.18. The molecule has 114 valence electrons. The minimum Gasteiger partial charge on any atom is -0.371 e. The Labute approximate surface area is 133 Å². The average Bonchev–Trinajstić information content (AvgIpc) is 2.91. The standard InChI is InChI=1S/C15H17ClN6/c1-18-13-12-14(21-15(16)20-13)22(9-19-12)8-11-5-3-2-4-10(11)6-7-17/h2-5,9H,6-8,17H2,1H3,(H,18,20,21). The highest BCUT2D eigenvalue weighted by atomic mass is 35.5. The topological polar surface area (TPSA) is 81.7 Å². The Balaban J connectivity index is 2.03. The number of hydrogen-bond acceptors (Lipinski definition) is 5. The van der Waals surface area contributed by atoms with Gasteiger partial charge in [-0.25, -0.2) is 4.98 Å².